The standard InChI is InChI=1S/C10H13N3S/c1-7-2-5-14-9(7)8(6-11)10-12-3-4-13-10/h2-5,8H,6,11H2,1H3,(H,12,13). The first-order chi connectivity index (χ1) is 6.83. The number of imidazole rings is 1. The molecule has 0 aliphatic carbocycles. The Labute approximate surface area is 87.0 Å². The predicted octanol–water partition coefficient (Wildman–Crippen LogP) is 1.87. The van der Waals surface area contributed by atoms with E-state index < -0.39 is 0 Å². The Bertz CT molecular complexity index is 391. The van der Waals surface area contributed by atoms with Crippen molar-refractivity contribution in [2.24, 2.45) is 5.73 Å². The van der Waals surface area contributed by atoms with Gasteiger partial charge in [-0.05, 0) is 23.9 Å². The van der Waals surface area contributed by atoms with Crippen molar-refractivity contribution < 1.29 is 0 Å². The third kappa shape index (κ3) is 1.58. The summed E-state index contributed by atoms with van der Waals surface area (Å²) < 4.78 is 0. The van der Waals surface area contributed by atoms with E-state index in [0.29, 0.717) is 6.54 Å². The normalized spacial score (nSPS) is 13.0. The van der Waals surface area contributed by atoms with Crippen molar-refractivity contribution >= 4 is 11.3 Å². The maximum Gasteiger partial charge on any atom is 0.115 e. The minimum atomic E-state index is 0.213. The van der Waals surface area contributed by atoms with Crippen LogP contribution in [0.4, 0.5) is 0 Å². The first-order valence-electron chi connectivity index (χ1n) is 4.56. The summed E-state index contributed by atoms with van der Waals surface area (Å²) in [5.74, 6) is 1.17. The number of hydrogen-bond donors (Lipinski definition) is 2. The van der Waals surface area contributed by atoms with Gasteiger partial charge in [-0.3, -0.25) is 0 Å². The fourth-order valence-corrected chi connectivity index (χ4v) is 2.60. The van der Waals surface area contributed by atoms with E-state index in [-0.39, 0.29) is 5.92 Å². The molecule has 0 saturated heterocycles. The van der Waals surface area contributed by atoms with Crippen LogP contribution in [0.25, 0.3) is 0 Å². The summed E-state index contributed by atoms with van der Waals surface area (Å²) in [6.07, 6.45) is 3.60. The summed E-state index contributed by atoms with van der Waals surface area (Å²) in [6, 6.07) is 2.12. The van der Waals surface area contributed by atoms with Gasteiger partial charge in [0.25, 0.3) is 0 Å². The van der Waals surface area contributed by atoms with E-state index in [1.807, 2.05) is 6.20 Å². The van der Waals surface area contributed by atoms with Gasteiger partial charge in [-0.1, -0.05) is 0 Å². The number of aryl methyl sites for hydroxylation is 1. The Hall–Kier alpha value is -1.13. The Morgan fingerprint density at radius 2 is 2.50 bits per heavy atom. The number of aromatic amines is 1. The highest BCUT2D eigenvalue weighted by Gasteiger charge is 2.17. The van der Waals surface area contributed by atoms with Crippen LogP contribution in [0.3, 0.4) is 0 Å². The summed E-state index contributed by atoms with van der Waals surface area (Å²) >= 11 is 1.74. The van der Waals surface area contributed by atoms with Gasteiger partial charge >= 0.3 is 0 Å². The van der Waals surface area contributed by atoms with Gasteiger partial charge in [0.05, 0.1) is 5.92 Å². The molecule has 0 radical (unpaired) electrons. The zero-order valence-corrected chi connectivity index (χ0v) is 8.84. The van der Waals surface area contributed by atoms with Crippen LogP contribution < -0.4 is 5.73 Å². The van der Waals surface area contributed by atoms with Crippen molar-refractivity contribution in [1.29, 1.82) is 0 Å². The summed E-state index contributed by atoms with van der Waals surface area (Å²) in [5, 5.41) is 2.09. The third-order valence-corrected chi connectivity index (χ3v) is 3.44. The number of thiophene rings is 1. The highest BCUT2D eigenvalue weighted by atomic mass is 32.1. The van der Waals surface area contributed by atoms with Crippen molar-refractivity contribution in [1.82, 2.24) is 9.97 Å². The first-order valence-corrected chi connectivity index (χ1v) is 5.44. The highest BCUT2D eigenvalue weighted by Crippen LogP contribution is 2.28. The monoisotopic (exact) mass is 207 g/mol. The van der Waals surface area contributed by atoms with Crippen LogP contribution in [-0.4, -0.2) is 16.5 Å². The van der Waals surface area contributed by atoms with Gasteiger partial charge in [-0.15, -0.1) is 11.3 Å². The average molecular weight is 207 g/mol. The van der Waals surface area contributed by atoms with Gasteiger partial charge in [0.15, 0.2) is 0 Å². The molecular weight excluding hydrogens is 194 g/mol. The molecule has 0 spiro atoms. The highest BCUT2D eigenvalue weighted by molar-refractivity contribution is 7.10. The molecule has 3 N–H and O–H groups in total. The molecule has 0 saturated carbocycles. The van der Waals surface area contributed by atoms with Gasteiger partial charge in [0.1, 0.15) is 5.82 Å². The lowest BCUT2D eigenvalue weighted by Crippen LogP contribution is -2.14. The number of hydrogen-bond acceptors (Lipinski definition) is 3. The molecule has 74 valence electrons. The van der Waals surface area contributed by atoms with Crippen LogP contribution in [-0.2, 0) is 0 Å². The fraction of sp³-hybridized carbons (Fsp3) is 0.300. The van der Waals surface area contributed by atoms with Gasteiger partial charge in [-0.25, -0.2) is 4.98 Å². The van der Waals surface area contributed by atoms with Crippen LogP contribution in [0, 0.1) is 6.92 Å². The van der Waals surface area contributed by atoms with E-state index in [9.17, 15) is 0 Å². The Morgan fingerprint density at radius 1 is 1.64 bits per heavy atom. The van der Waals surface area contributed by atoms with Gasteiger partial charge in [0, 0.05) is 23.8 Å². The second-order valence-electron chi connectivity index (χ2n) is 3.23. The topological polar surface area (TPSA) is 54.7 Å². The number of nitrogens with two attached hydrogens (primary N) is 1. The van der Waals surface area contributed by atoms with Crippen LogP contribution in [0.15, 0.2) is 23.8 Å². The molecule has 0 aliphatic heterocycles. The third-order valence-electron chi connectivity index (χ3n) is 2.30. The quantitative estimate of drug-likeness (QED) is 0.807. The van der Waals surface area contributed by atoms with Crippen molar-refractivity contribution in [3.63, 3.8) is 0 Å². The first kappa shape index (κ1) is 9.43. The van der Waals surface area contributed by atoms with E-state index in [1.165, 1.54) is 10.4 Å². The van der Waals surface area contributed by atoms with E-state index >= 15 is 0 Å². The van der Waals surface area contributed by atoms with Crippen molar-refractivity contribution in [2.45, 2.75) is 12.8 Å². The summed E-state index contributed by atoms with van der Waals surface area (Å²) in [7, 11) is 0. The smallest absolute Gasteiger partial charge is 0.115 e. The lowest BCUT2D eigenvalue weighted by atomic mass is 10.0. The summed E-state index contributed by atoms with van der Waals surface area (Å²) in [4.78, 5) is 8.68. The van der Waals surface area contributed by atoms with Crippen LogP contribution in [0.1, 0.15) is 22.2 Å². The molecular formula is C10H13N3S. The fourth-order valence-electron chi connectivity index (χ4n) is 1.55. The van der Waals surface area contributed by atoms with E-state index in [2.05, 4.69) is 28.3 Å². The Balaban J connectivity index is 2.36. The molecule has 0 aliphatic rings. The SMILES string of the molecule is Cc1ccsc1C(CN)c1ncc[nH]1. The second-order valence-corrected chi connectivity index (χ2v) is 4.18. The summed E-state index contributed by atoms with van der Waals surface area (Å²) in [6.45, 7) is 2.70. The molecule has 1 atom stereocenters. The average Bonchev–Trinajstić information content (AvgIpc) is 2.80. The zero-order valence-electron chi connectivity index (χ0n) is 8.03. The van der Waals surface area contributed by atoms with Gasteiger partial charge in [-0.2, -0.15) is 0 Å². The molecule has 2 heterocycles. The number of H-pyrrole nitrogens is 1. The second kappa shape index (κ2) is 3.94. The number of rotatable bonds is 3. The van der Waals surface area contributed by atoms with E-state index in [1.54, 1.807) is 17.5 Å². The van der Waals surface area contributed by atoms with Crippen LogP contribution in [0.5, 0.6) is 0 Å². The molecule has 2 rings (SSSR count). The molecule has 4 heteroatoms. The number of nitrogens with one attached hydrogen (secondary N) is 1. The molecule has 0 bridgehead atoms. The number of aromatic nitrogens is 2. The van der Waals surface area contributed by atoms with E-state index in [0.717, 1.165) is 5.82 Å². The molecule has 0 fully saturated rings. The Morgan fingerprint density at radius 3 is 3.00 bits per heavy atom. The summed E-state index contributed by atoms with van der Waals surface area (Å²) in [5.41, 5.74) is 7.06. The van der Waals surface area contributed by atoms with Gasteiger partial charge in [0.2, 0.25) is 0 Å². The molecule has 2 aromatic rings. The van der Waals surface area contributed by atoms with Crippen molar-refractivity contribution in [2.75, 3.05) is 6.54 Å². The van der Waals surface area contributed by atoms with E-state index in [4.69, 9.17) is 5.73 Å². The lowest BCUT2D eigenvalue weighted by molar-refractivity contribution is 0.774. The Kier molecular flexibility index (Phi) is 2.65. The van der Waals surface area contributed by atoms with Crippen LogP contribution in [0.2, 0.25) is 0 Å². The largest absolute Gasteiger partial charge is 0.348 e. The maximum absolute atomic E-state index is 5.77. The lowest BCUT2D eigenvalue weighted by Gasteiger charge is -2.11. The minimum Gasteiger partial charge on any atom is -0.348 e. The van der Waals surface area contributed by atoms with Crippen molar-refractivity contribution in [3.8, 4) is 0 Å². The number of nitrogens with zero attached hydrogens (tertiary/aromatic N) is 1. The van der Waals surface area contributed by atoms with Gasteiger partial charge < -0.3 is 10.7 Å². The predicted molar refractivity (Wildman–Crippen MR) is 58.5 cm³/mol. The van der Waals surface area contributed by atoms with Crippen molar-refractivity contribution in [3.05, 3.63) is 40.1 Å². The maximum atomic E-state index is 5.77. The molecule has 14 heavy (non-hydrogen) atoms. The van der Waals surface area contributed by atoms with Crippen LogP contribution >= 0.6 is 11.3 Å². The molecule has 0 amide bonds. The molecule has 0 aromatic carbocycles. The minimum absolute atomic E-state index is 0.213. The molecule has 3 nitrogen and oxygen atoms in total. The zero-order chi connectivity index (χ0) is 9.97. The molecule has 2 aromatic heterocycles. The molecule has 1 unspecified atom stereocenters.